The SMILES string of the molecule is CCOC(=O)CCCCN(CCc1ccccc1OC)C1CCc2cc(OC(=O)OCC)ccc21. The lowest BCUT2D eigenvalue weighted by Crippen LogP contribution is -2.31. The molecule has 1 unspecified atom stereocenters. The second kappa shape index (κ2) is 13.7. The third-order valence-electron chi connectivity index (χ3n) is 6.31. The highest BCUT2D eigenvalue weighted by Crippen LogP contribution is 2.38. The third-order valence-corrected chi connectivity index (χ3v) is 6.31. The molecule has 0 fully saturated rings. The summed E-state index contributed by atoms with van der Waals surface area (Å²) in [4.78, 5) is 26.0. The number of fused-ring (bicyclic) bond motifs is 1. The lowest BCUT2D eigenvalue weighted by molar-refractivity contribution is -0.143. The van der Waals surface area contributed by atoms with Gasteiger partial charge in [0.1, 0.15) is 11.5 Å². The summed E-state index contributed by atoms with van der Waals surface area (Å²) in [6, 6.07) is 14.3. The molecule has 0 N–H and O–H groups in total. The summed E-state index contributed by atoms with van der Waals surface area (Å²) < 4.78 is 20.8. The van der Waals surface area contributed by atoms with Crippen molar-refractivity contribution in [1.82, 2.24) is 4.90 Å². The number of nitrogens with zero attached hydrogens (tertiary/aromatic N) is 1. The molecule has 0 aromatic heterocycles. The van der Waals surface area contributed by atoms with Crippen molar-refractivity contribution in [3.05, 3.63) is 59.2 Å². The van der Waals surface area contributed by atoms with Crippen molar-refractivity contribution < 1.29 is 28.5 Å². The van der Waals surface area contributed by atoms with Crippen molar-refractivity contribution in [3.8, 4) is 11.5 Å². The van der Waals surface area contributed by atoms with Crippen LogP contribution >= 0.6 is 0 Å². The van der Waals surface area contributed by atoms with Crippen LogP contribution in [0.1, 0.15) is 62.3 Å². The van der Waals surface area contributed by atoms with E-state index in [9.17, 15) is 9.59 Å². The molecule has 1 aliphatic rings. The van der Waals surface area contributed by atoms with Crippen LogP contribution in [0.3, 0.4) is 0 Å². The number of hydrogen-bond donors (Lipinski definition) is 0. The van der Waals surface area contributed by atoms with E-state index in [1.165, 1.54) is 16.7 Å². The number of carbonyl (C=O) groups excluding carboxylic acids is 2. The number of rotatable bonds is 13. The number of aryl methyl sites for hydroxylation is 1. The molecule has 0 amide bonds. The zero-order valence-corrected chi connectivity index (χ0v) is 21.1. The van der Waals surface area contributed by atoms with Gasteiger partial charge in [0.05, 0.1) is 20.3 Å². The molecule has 0 radical (unpaired) electrons. The van der Waals surface area contributed by atoms with E-state index in [2.05, 4.69) is 17.0 Å². The molecule has 0 bridgehead atoms. The van der Waals surface area contributed by atoms with E-state index in [4.69, 9.17) is 18.9 Å². The molecular weight excluding hydrogens is 446 g/mol. The van der Waals surface area contributed by atoms with Crippen LogP contribution in [0.2, 0.25) is 0 Å². The molecule has 35 heavy (non-hydrogen) atoms. The third kappa shape index (κ3) is 7.72. The van der Waals surface area contributed by atoms with Gasteiger partial charge >= 0.3 is 12.1 Å². The van der Waals surface area contributed by atoms with Crippen molar-refractivity contribution in [2.24, 2.45) is 0 Å². The molecule has 1 aliphatic carbocycles. The molecular formula is C28H37NO6. The van der Waals surface area contributed by atoms with Crippen molar-refractivity contribution in [3.63, 3.8) is 0 Å². The van der Waals surface area contributed by atoms with Gasteiger partial charge in [0.15, 0.2) is 0 Å². The van der Waals surface area contributed by atoms with Crippen LogP contribution in [0.25, 0.3) is 0 Å². The van der Waals surface area contributed by atoms with Gasteiger partial charge in [-0.1, -0.05) is 24.3 Å². The molecule has 0 heterocycles. The summed E-state index contributed by atoms with van der Waals surface area (Å²) in [6.45, 7) is 6.05. The Morgan fingerprint density at radius 2 is 1.80 bits per heavy atom. The Balaban J connectivity index is 1.69. The van der Waals surface area contributed by atoms with Crippen LogP contribution < -0.4 is 9.47 Å². The van der Waals surface area contributed by atoms with Gasteiger partial charge in [-0.25, -0.2) is 4.79 Å². The molecule has 0 spiro atoms. The number of unbranched alkanes of at least 4 members (excludes halogenated alkanes) is 1. The van der Waals surface area contributed by atoms with Gasteiger partial charge in [-0.05, 0) is 87.4 Å². The monoisotopic (exact) mass is 483 g/mol. The number of hydrogen-bond acceptors (Lipinski definition) is 7. The highest BCUT2D eigenvalue weighted by Gasteiger charge is 2.28. The van der Waals surface area contributed by atoms with E-state index in [1.54, 1.807) is 14.0 Å². The first-order valence-corrected chi connectivity index (χ1v) is 12.5. The number of para-hydroxylation sites is 1. The number of benzene rings is 2. The van der Waals surface area contributed by atoms with Gasteiger partial charge in [0, 0.05) is 19.0 Å². The number of ether oxygens (including phenoxy) is 4. The Bertz CT molecular complexity index is 976. The van der Waals surface area contributed by atoms with Crippen LogP contribution in [-0.2, 0) is 27.1 Å². The van der Waals surface area contributed by atoms with E-state index < -0.39 is 6.16 Å². The predicted molar refractivity (Wildman–Crippen MR) is 134 cm³/mol. The van der Waals surface area contributed by atoms with Crippen LogP contribution in [-0.4, -0.2) is 50.4 Å². The van der Waals surface area contributed by atoms with E-state index >= 15 is 0 Å². The smallest absolute Gasteiger partial charge is 0.496 e. The van der Waals surface area contributed by atoms with Crippen LogP contribution in [0, 0.1) is 0 Å². The minimum atomic E-state index is -0.679. The second-order valence-electron chi connectivity index (χ2n) is 8.56. The fourth-order valence-electron chi connectivity index (χ4n) is 4.67. The molecule has 0 saturated heterocycles. The first-order chi connectivity index (χ1) is 17.0. The Labute approximate surface area is 208 Å². The molecule has 0 saturated carbocycles. The average molecular weight is 484 g/mol. The normalized spacial score (nSPS) is 14.5. The maximum absolute atomic E-state index is 11.7. The quantitative estimate of drug-likeness (QED) is 0.212. The van der Waals surface area contributed by atoms with Crippen molar-refractivity contribution >= 4 is 12.1 Å². The highest BCUT2D eigenvalue weighted by atomic mass is 16.7. The van der Waals surface area contributed by atoms with E-state index in [1.807, 2.05) is 37.3 Å². The molecule has 3 rings (SSSR count). The first-order valence-electron chi connectivity index (χ1n) is 12.5. The minimum absolute atomic E-state index is 0.131. The maximum atomic E-state index is 11.7. The van der Waals surface area contributed by atoms with Crippen LogP contribution in [0.5, 0.6) is 11.5 Å². The lowest BCUT2D eigenvalue weighted by atomic mass is 10.0. The number of esters is 1. The molecule has 2 aromatic rings. The van der Waals surface area contributed by atoms with Crippen molar-refractivity contribution in [2.75, 3.05) is 33.4 Å². The van der Waals surface area contributed by atoms with E-state index in [0.29, 0.717) is 18.8 Å². The second-order valence-corrected chi connectivity index (χ2v) is 8.56. The van der Waals surface area contributed by atoms with Gasteiger partial charge in [-0.2, -0.15) is 0 Å². The summed E-state index contributed by atoms with van der Waals surface area (Å²) in [5, 5.41) is 0. The summed E-state index contributed by atoms with van der Waals surface area (Å²) in [7, 11) is 1.70. The van der Waals surface area contributed by atoms with Crippen molar-refractivity contribution in [2.45, 2.75) is 58.4 Å². The summed E-state index contributed by atoms with van der Waals surface area (Å²) in [5.41, 5.74) is 3.65. The Hall–Kier alpha value is -3.06. The molecule has 1 atom stereocenters. The zero-order valence-electron chi connectivity index (χ0n) is 21.1. The van der Waals surface area contributed by atoms with Gasteiger partial charge < -0.3 is 18.9 Å². The average Bonchev–Trinajstić information content (AvgIpc) is 3.27. The van der Waals surface area contributed by atoms with Gasteiger partial charge in [-0.3, -0.25) is 9.69 Å². The predicted octanol–water partition coefficient (Wildman–Crippen LogP) is 5.50. The Morgan fingerprint density at radius 1 is 1.00 bits per heavy atom. The highest BCUT2D eigenvalue weighted by molar-refractivity contribution is 5.69. The molecule has 7 nitrogen and oxygen atoms in total. The Morgan fingerprint density at radius 3 is 2.57 bits per heavy atom. The first kappa shape index (κ1) is 26.5. The van der Waals surface area contributed by atoms with Crippen LogP contribution in [0.4, 0.5) is 4.79 Å². The molecule has 190 valence electrons. The topological polar surface area (TPSA) is 74.3 Å². The number of carbonyl (C=O) groups is 2. The van der Waals surface area contributed by atoms with Crippen molar-refractivity contribution in [1.29, 1.82) is 0 Å². The van der Waals surface area contributed by atoms with Gasteiger partial charge in [0.25, 0.3) is 0 Å². The number of methoxy groups -OCH3 is 1. The Kier molecular flexibility index (Phi) is 10.4. The van der Waals surface area contributed by atoms with E-state index in [-0.39, 0.29) is 18.6 Å². The maximum Gasteiger partial charge on any atom is 0.513 e. The summed E-state index contributed by atoms with van der Waals surface area (Å²) >= 11 is 0. The molecule has 2 aromatic carbocycles. The molecule has 7 heteroatoms. The van der Waals surface area contributed by atoms with Gasteiger partial charge in [-0.15, -0.1) is 0 Å². The minimum Gasteiger partial charge on any atom is -0.496 e. The lowest BCUT2D eigenvalue weighted by Gasteiger charge is -2.30. The van der Waals surface area contributed by atoms with E-state index in [0.717, 1.165) is 50.9 Å². The zero-order chi connectivity index (χ0) is 25.0. The fourth-order valence-corrected chi connectivity index (χ4v) is 4.67. The largest absolute Gasteiger partial charge is 0.513 e. The summed E-state index contributed by atoms with van der Waals surface area (Å²) in [5.74, 6) is 1.29. The van der Waals surface area contributed by atoms with Gasteiger partial charge in [0.2, 0.25) is 0 Å². The fraction of sp³-hybridized carbons (Fsp3) is 0.500. The van der Waals surface area contributed by atoms with Crippen LogP contribution in [0.15, 0.2) is 42.5 Å². The standard InChI is InChI=1S/C28H37NO6/c1-4-33-27(30)12-8-9-18-29(19-17-21-10-6-7-11-26(21)32-3)25-16-13-22-20-23(14-15-24(22)25)35-28(31)34-5-2/h6-7,10-11,14-15,20,25H,4-5,8-9,12-13,16-19H2,1-3H3. The molecule has 0 aliphatic heterocycles. The summed E-state index contributed by atoms with van der Waals surface area (Å²) in [6.07, 6.45) is 4.29.